The number of aryl methyl sites for hydroxylation is 1. The Morgan fingerprint density at radius 3 is 2.52 bits per heavy atom. The third-order valence-electron chi connectivity index (χ3n) is 4.19. The number of rotatable bonds is 4. The number of carbonyl (C=O) groups is 1. The van der Waals surface area contributed by atoms with Crippen LogP contribution in [0.3, 0.4) is 0 Å². The molecule has 1 aromatic heterocycles. The molecule has 0 aliphatic rings. The van der Waals surface area contributed by atoms with Crippen molar-refractivity contribution in [2.24, 2.45) is 0 Å². The maximum absolute atomic E-state index is 12.3. The molecule has 0 aliphatic carbocycles. The Hall–Kier alpha value is -3.18. The lowest BCUT2D eigenvalue weighted by Crippen LogP contribution is -2.11. The molecule has 0 amide bonds. The van der Waals surface area contributed by atoms with Crippen molar-refractivity contribution in [1.29, 1.82) is 0 Å². The Morgan fingerprint density at radius 1 is 1.04 bits per heavy atom. The number of benzene rings is 3. The van der Waals surface area contributed by atoms with E-state index in [-0.39, 0.29) is 17.3 Å². The van der Waals surface area contributed by atoms with Crippen LogP contribution in [0.5, 0.6) is 5.75 Å². The Balaban J connectivity index is 1.70. The molecule has 0 radical (unpaired) electrons. The van der Waals surface area contributed by atoms with Crippen LogP contribution in [0.15, 0.2) is 75.9 Å². The van der Waals surface area contributed by atoms with Crippen molar-refractivity contribution in [3.8, 4) is 16.9 Å². The summed E-state index contributed by atoms with van der Waals surface area (Å²) in [6.45, 7) is 2.01. The van der Waals surface area contributed by atoms with E-state index in [1.54, 1.807) is 12.1 Å². The second kappa shape index (κ2) is 7.21. The average Bonchev–Trinajstić information content (AvgIpc) is 3.02. The molecule has 4 aromatic rings. The summed E-state index contributed by atoms with van der Waals surface area (Å²) in [6, 6.07) is 20.7. The zero-order valence-electron chi connectivity index (χ0n) is 14.6. The van der Waals surface area contributed by atoms with Crippen molar-refractivity contribution < 1.29 is 13.9 Å². The summed E-state index contributed by atoms with van der Waals surface area (Å²) < 4.78 is 11.6. The van der Waals surface area contributed by atoms with E-state index in [4.69, 9.17) is 9.15 Å². The molecule has 27 heavy (non-hydrogen) atoms. The highest BCUT2D eigenvalue weighted by Crippen LogP contribution is 2.34. The summed E-state index contributed by atoms with van der Waals surface area (Å²) in [6.07, 6.45) is 0.181. The highest BCUT2D eigenvalue weighted by molar-refractivity contribution is 7.16. The molecule has 0 fully saturated rings. The van der Waals surface area contributed by atoms with Gasteiger partial charge in [0.05, 0.1) is 11.1 Å². The van der Waals surface area contributed by atoms with E-state index in [1.807, 2.05) is 61.5 Å². The summed E-state index contributed by atoms with van der Waals surface area (Å²) in [5.74, 6) is 0.0438. The molecular weight excluding hydrogens is 360 g/mol. The summed E-state index contributed by atoms with van der Waals surface area (Å²) >= 11 is 0.996. The van der Waals surface area contributed by atoms with E-state index < -0.39 is 0 Å². The van der Waals surface area contributed by atoms with Gasteiger partial charge in [0.15, 0.2) is 5.58 Å². The zero-order valence-corrected chi connectivity index (χ0v) is 15.4. The van der Waals surface area contributed by atoms with Crippen LogP contribution in [0.2, 0.25) is 0 Å². The third kappa shape index (κ3) is 3.83. The maximum Gasteiger partial charge on any atom is 0.396 e. The molecule has 0 aliphatic heterocycles. The van der Waals surface area contributed by atoms with E-state index in [2.05, 4.69) is 0 Å². The smallest absolute Gasteiger partial charge is 0.396 e. The summed E-state index contributed by atoms with van der Waals surface area (Å²) in [5, 5.41) is 0. The van der Waals surface area contributed by atoms with Gasteiger partial charge in [0.1, 0.15) is 5.75 Å². The number of ether oxygens (including phenoxy) is 1. The van der Waals surface area contributed by atoms with E-state index in [0.717, 1.165) is 33.6 Å². The SMILES string of the molecule is Cc1ccc(-c2cc(OC(=O)Cc3ccccc3)cc3sc(=O)oc23)cc1. The third-order valence-corrected chi connectivity index (χ3v) is 4.97. The van der Waals surface area contributed by atoms with Gasteiger partial charge in [0.2, 0.25) is 0 Å². The monoisotopic (exact) mass is 376 g/mol. The van der Waals surface area contributed by atoms with Crippen LogP contribution in [0.25, 0.3) is 21.4 Å². The first-order valence-electron chi connectivity index (χ1n) is 8.48. The highest BCUT2D eigenvalue weighted by atomic mass is 32.1. The molecule has 0 atom stereocenters. The standard InChI is InChI=1S/C22H16O4S/c1-14-7-9-16(10-8-14)18-12-17(13-19-21(18)26-22(24)27-19)25-20(23)11-15-5-3-2-4-6-15/h2-10,12-13H,11H2,1H3. The fraction of sp³-hybridized carbons (Fsp3) is 0.0909. The molecule has 0 saturated carbocycles. The molecule has 4 nitrogen and oxygen atoms in total. The van der Waals surface area contributed by atoms with Crippen molar-refractivity contribution in [3.05, 3.63) is 87.6 Å². The van der Waals surface area contributed by atoms with Gasteiger partial charge in [-0.25, -0.2) is 4.79 Å². The first kappa shape index (κ1) is 17.2. The van der Waals surface area contributed by atoms with Gasteiger partial charge in [-0.2, -0.15) is 0 Å². The quantitative estimate of drug-likeness (QED) is 0.372. The van der Waals surface area contributed by atoms with E-state index >= 15 is 0 Å². The van der Waals surface area contributed by atoms with Gasteiger partial charge in [-0.3, -0.25) is 4.79 Å². The highest BCUT2D eigenvalue weighted by Gasteiger charge is 2.15. The van der Waals surface area contributed by atoms with Crippen LogP contribution < -0.4 is 9.68 Å². The maximum atomic E-state index is 12.3. The topological polar surface area (TPSA) is 56.5 Å². The molecule has 0 saturated heterocycles. The molecule has 0 spiro atoms. The number of hydrogen-bond acceptors (Lipinski definition) is 5. The summed E-state index contributed by atoms with van der Waals surface area (Å²) in [4.78, 5) is 23.7. The van der Waals surface area contributed by atoms with Crippen molar-refractivity contribution in [3.63, 3.8) is 0 Å². The van der Waals surface area contributed by atoms with Crippen LogP contribution in [-0.2, 0) is 11.2 Å². The Morgan fingerprint density at radius 2 is 1.78 bits per heavy atom. The lowest BCUT2D eigenvalue weighted by molar-refractivity contribution is -0.133. The molecule has 134 valence electrons. The Labute approximate surface area is 159 Å². The number of carbonyl (C=O) groups excluding carboxylic acids is 1. The van der Waals surface area contributed by atoms with E-state index in [0.29, 0.717) is 16.0 Å². The van der Waals surface area contributed by atoms with Crippen molar-refractivity contribution >= 4 is 27.6 Å². The molecule has 3 aromatic carbocycles. The van der Waals surface area contributed by atoms with Gasteiger partial charge >= 0.3 is 10.9 Å². The minimum atomic E-state index is -0.383. The lowest BCUT2D eigenvalue weighted by atomic mass is 10.0. The molecule has 0 bridgehead atoms. The predicted octanol–water partition coefficient (Wildman–Crippen LogP) is 4.98. The second-order valence-electron chi connectivity index (χ2n) is 6.25. The second-order valence-corrected chi connectivity index (χ2v) is 7.23. The van der Waals surface area contributed by atoms with Crippen molar-refractivity contribution in [2.45, 2.75) is 13.3 Å². The van der Waals surface area contributed by atoms with Crippen LogP contribution in [0, 0.1) is 6.92 Å². The van der Waals surface area contributed by atoms with Crippen molar-refractivity contribution in [2.75, 3.05) is 0 Å². The Bertz CT molecular complexity index is 1150. The Kier molecular flexibility index (Phi) is 4.60. The average molecular weight is 376 g/mol. The van der Waals surface area contributed by atoms with Crippen LogP contribution in [0.1, 0.15) is 11.1 Å². The van der Waals surface area contributed by atoms with Gasteiger partial charge < -0.3 is 9.15 Å². The van der Waals surface area contributed by atoms with Crippen LogP contribution in [0.4, 0.5) is 0 Å². The van der Waals surface area contributed by atoms with E-state index in [9.17, 15) is 9.59 Å². The van der Waals surface area contributed by atoms with Gasteiger partial charge in [0.25, 0.3) is 0 Å². The number of esters is 1. The summed E-state index contributed by atoms with van der Waals surface area (Å²) in [7, 11) is 0. The lowest BCUT2D eigenvalue weighted by Gasteiger charge is -2.08. The number of fused-ring (bicyclic) bond motifs is 1. The molecule has 0 unspecified atom stereocenters. The fourth-order valence-electron chi connectivity index (χ4n) is 2.89. The molecule has 0 N–H and O–H groups in total. The van der Waals surface area contributed by atoms with E-state index in [1.165, 1.54) is 0 Å². The van der Waals surface area contributed by atoms with Crippen LogP contribution >= 0.6 is 11.3 Å². The van der Waals surface area contributed by atoms with Gasteiger partial charge in [-0.1, -0.05) is 71.5 Å². The zero-order chi connectivity index (χ0) is 18.8. The van der Waals surface area contributed by atoms with Gasteiger partial charge in [-0.15, -0.1) is 0 Å². The van der Waals surface area contributed by atoms with Crippen molar-refractivity contribution in [1.82, 2.24) is 0 Å². The molecule has 1 heterocycles. The normalized spacial score (nSPS) is 10.9. The first-order chi connectivity index (χ1) is 13.1. The predicted molar refractivity (Wildman–Crippen MR) is 106 cm³/mol. The minimum absolute atomic E-state index is 0.181. The van der Waals surface area contributed by atoms with Gasteiger partial charge in [-0.05, 0) is 24.1 Å². The fourth-order valence-corrected chi connectivity index (χ4v) is 3.61. The molecule has 5 heteroatoms. The summed E-state index contributed by atoms with van der Waals surface area (Å²) in [5.41, 5.74) is 4.15. The first-order valence-corrected chi connectivity index (χ1v) is 9.29. The largest absolute Gasteiger partial charge is 0.426 e. The molecular formula is C22H16O4S. The molecule has 4 rings (SSSR count). The van der Waals surface area contributed by atoms with Gasteiger partial charge in [0, 0.05) is 11.6 Å². The minimum Gasteiger partial charge on any atom is -0.426 e. The number of hydrogen-bond donors (Lipinski definition) is 0. The van der Waals surface area contributed by atoms with Crippen LogP contribution in [-0.4, -0.2) is 5.97 Å².